The molecule has 2 amide bonds. The van der Waals surface area contributed by atoms with Gasteiger partial charge >= 0.3 is 0 Å². The first-order valence-corrected chi connectivity index (χ1v) is 5.15. The Labute approximate surface area is 97.1 Å². The number of aromatic nitrogens is 2. The Morgan fingerprint density at radius 1 is 1.76 bits per heavy atom. The van der Waals surface area contributed by atoms with Gasteiger partial charge in [0, 0.05) is 19.3 Å². The average molecular weight is 239 g/mol. The van der Waals surface area contributed by atoms with Crippen molar-refractivity contribution in [2.75, 3.05) is 13.2 Å². The molecule has 8 nitrogen and oxygen atoms in total. The number of nitrogens with two attached hydrogens (primary N) is 1. The third-order valence-electron chi connectivity index (χ3n) is 2.30. The second-order valence-corrected chi connectivity index (χ2v) is 3.59. The zero-order valence-corrected chi connectivity index (χ0v) is 9.05. The van der Waals surface area contributed by atoms with Crippen LogP contribution in [-0.4, -0.2) is 40.6 Å². The number of hydrogen-bond acceptors (Lipinski definition) is 5. The summed E-state index contributed by atoms with van der Waals surface area (Å²) in [7, 11) is 0. The van der Waals surface area contributed by atoms with Crippen molar-refractivity contribution in [3.63, 3.8) is 0 Å². The molecule has 1 atom stereocenters. The number of hydroxylamine groups is 1. The van der Waals surface area contributed by atoms with Gasteiger partial charge in [0.1, 0.15) is 18.3 Å². The Bertz CT molecular complexity index is 430. The third-order valence-corrected chi connectivity index (χ3v) is 2.30. The van der Waals surface area contributed by atoms with Crippen molar-refractivity contribution in [1.82, 2.24) is 20.3 Å². The molecule has 0 bridgehead atoms. The number of hydrogen-bond donors (Lipinski definition) is 3. The van der Waals surface area contributed by atoms with Crippen molar-refractivity contribution in [2.45, 2.75) is 12.6 Å². The molecule has 0 unspecified atom stereocenters. The van der Waals surface area contributed by atoms with Crippen LogP contribution in [0.15, 0.2) is 12.5 Å². The second kappa shape index (κ2) is 4.93. The summed E-state index contributed by atoms with van der Waals surface area (Å²) in [5.41, 5.74) is 7.78. The first-order valence-electron chi connectivity index (χ1n) is 5.15. The summed E-state index contributed by atoms with van der Waals surface area (Å²) >= 11 is 0. The van der Waals surface area contributed by atoms with Gasteiger partial charge in [-0.25, -0.2) is 10.5 Å². The molecule has 1 fully saturated rings. The van der Waals surface area contributed by atoms with Crippen LogP contribution in [0.3, 0.4) is 0 Å². The molecule has 1 aliphatic heterocycles. The number of nitrogens with one attached hydrogen (secondary N) is 2. The molecule has 92 valence electrons. The highest BCUT2D eigenvalue weighted by molar-refractivity contribution is 5.96. The van der Waals surface area contributed by atoms with E-state index in [9.17, 15) is 9.59 Å². The summed E-state index contributed by atoms with van der Waals surface area (Å²) in [6, 6.07) is -0.665. The fourth-order valence-electron chi connectivity index (χ4n) is 1.43. The Balaban J connectivity index is 1.96. The van der Waals surface area contributed by atoms with Gasteiger partial charge in [0.05, 0.1) is 6.33 Å². The van der Waals surface area contributed by atoms with E-state index in [0.717, 1.165) is 0 Å². The van der Waals surface area contributed by atoms with Crippen molar-refractivity contribution in [3.05, 3.63) is 18.2 Å². The van der Waals surface area contributed by atoms with Crippen molar-refractivity contribution in [1.29, 1.82) is 0 Å². The Morgan fingerprint density at radius 2 is 2.59 bits per heavy atom. The van der Waals surface area contributed by atoms with Gasteiger partial charge in [-0.15, -0.1) is 0 Å². The topological polar surface area (TPSA) is 111 Å². The lowest BCUT2D eigenvalue weighted by Crippen LogP contribution is -2.41. The fourth-order valence-corrected chi connectivity index (χ4v) is 1.43. The van der Waals surface area contributed by atoms with Gasteiger partial charge in [-0.2, -0.15) is 0 Å². The molecule has 1 saturated heterocycles. The summed E-state index contributed by atoms with van der Waals surface area (Å²) < 4.78 is 1.71. The number of carbonyl (C=O) groups excluding carboxylic acids is 2. The smallest absolute Gasteiger partial charge is 0.272 e. The Morgan fingerprint density at radius 3 is 3.24 bits per heavy atom. The molecule has 1 aliphatic rings. The van der Waals surface area contributed by atoms with Crippen LogP contribution in [0.1, 0.15) is 10.5 Å². The van der Waals surface area contributed by atoms with E-state index in [1.54, 1.807) is 10.8 Å². The maximum absolute atomic E-state index is 11.7. The fraction of sp³-hybridized carbons (Fsp3) is 0.444. The third kappa shape index (κ3) is 2.60. The maximum atomic E-state index is 11.7. The van der Waals surface area contributed by atoms with Crippen LogP contribution in [0.5, 0.6) is 0 Å². The number of nitrogens with zero attached hydrogens (tertiary/aromatic N) is 2. The van der Waals surface area contributed by atoms with Crippen molar-refractivity contribution < 1.29 is 14.4 Å². The lowest BCUT2D eigenvalue weighted by Gasteiger charge is -2.05. The van der Waals surface area contributed by atoms with E-state index >= 15 is 0 Å². The van der Waals surface area contributed by atoms with Crippen LogP contribution in [0.4, 0.5) is 0 Å². The van der Waals surface area contributed by atoms with E-state index in [2.05, 4.69) is 15.8 Å². The summed E-state index contributed by atoms with van der Waals surface area (Å²) in [4.78, 5) is 31.5. The molecule has 0 saturated carbocycles. The maximum Gasteiger partial charge on any atom is 0.272 e. The lowest BCUT2D eigenvalue weighted by atomic mass is 10.3. The van der Waals surface area contributed by atoms with Crippen LogP contribution in [0.25, 0.3) is 0 Å². The summed E-state index contributed by atoms with van der Waals surface area (Å²) in [6.45, 7) is 1.18. The lowest BCUT2D eigenvalue weighted by molar-refractivity contribution is -0.125. The van der Waals surface area contributed by atoms with Gasteiger partial charge in [0.2, 0.25) is 0 Å². The van der Waals surface area contributed by atoms with Crippen molar-refractivity contribution >= 4 is 11.8 Å². The second-order valence-electron chi connectivity index (χ2n) is 3.59. The van der Waals surface area contributed by atoms with Gasteiger partial charge in [-0.3, -0.25) is 14.4 Å². The molecule has 4 N–H and O–H groups in total. The van der Waals surface area contributed by atoms with E-state index in [-0.39, 0.29) is 18.2 Å². The molecule has 8 heteroatoms. The monoisotopic (exact) mass is 239 g/mol. The van der Waals surface area contributed by atoms with E-state index in [1.165, 1.54) is 6.33 Å². The minimum Gasteiger partial charge on any atom is -0.337 e. The molecule has 0 aliphatic carbocycles. The zero-order chi connectivity index (χ0) is 12.3. The van der Waals surface area contributed by atoms with Crippen molar-refractivity contribution in [3.8, 4) is 0 Å². The summed E-state index contributed by atoms with van der Waals surface area (Å²) in [5, 5.41) is 2.52. The predicted octanol–water partition coefficient (Wildman–Crippen LogP) is -2.00. The van der Waals surface area contributed by atoms with Crippen LogP contribution >= 0.6 is 0 Å². The van der Waals surface area contributed by atoms with E-state index < -0.39 is 11.9 Å². The van der Waals surface area contributed by atoms with E-state index in [0.29, 0.717) is 13.1 Å². The molecule has 17 heavy (non-hydrogen) atoms. The van der Waals surface area contributed by atoms with E-state index in [1.807, 2.05) is 0 Å². The number of amides is 2. The highest BCUT2D eigenvalue weighted by Crippen LogP contribution is 1.99. The molecule has 0 aromatic carbocycles. The van der Waals surface area contributed by atoms with Crippen molar-refractivity contribution in [2.24, 2.45) is 5.73 Å². The minimum atomic E-state index is -0.665. The van der Waals surface area contributed by atoms with Gasteiger partial charge < -0.3 is 15.6 Å². The van der Waals surface area contributed by atoms with Gasteiger partial charge in [-0.1, -0.05) is 0 Å². The molecular formula is C9H13N5O3. The van der Waals surface area contributed by atoms with Gasteiger partial charge in [0.15, 0.2) is 0 Å². The first-order chi connectivity index (χ1) is 8.20. The SMILES string of the molecule is NCCn1cnc(C(=O)N[C@@H]2CONC2=O)c1. The molecular weight excluding hydrogens is 226 g/mol. The van der Waals surface area contributed by atoms with Gasteiger partial charge in [0.25, 0.3) is 11.8 Å². The zero-order valence-electron chi connectivity index (χ0n) is 9.05. The largest absolute Gasteiger partial charge is 0.337 e. The highest BCUT2D eigenvalue weighted by Gasteiger charge is 2.27. The molecule has 2 heterocycles. The van der Waals surface area contributed by atoms with Crippen LogP contribution in [-0.2, 0) is 16.2 Å². The highest BCUT2D eigenvalue weighted by atomic mass is 16.7. The summed E-state index contributed by atoms with van der Waals surface area (Å²) in [5.74, 6) is -0.772. The average Bonchev–Trinajstić information content (AvgIpc) is 2.90. The van der Waals surface area contributed by atoms with E-state index in [4.69, 9.17) is 10.6 Å². The number of rotatable bonds is 4. The normalized spacial score (nSPS) is 19.1. The molecule has 1 aromatic heterocycles. The number of imidazole rings is 1. The predicted molar refractivity (Wildman–Crippen MR) is 56.6 cm³/mol. The minimum absolute atomic E-state index is 0.119. The quantitative estimate of drug-likeness (QED) is 0.563. The molecule has 2 rings (SSSR count). The molecule has 1 aromatic rings. The Kier molecular flexibility index (Phi) is 3.35. The van der Waals surface area contributed by atoms with Crippen LogP contribution in [0.2, 0.25) is 0 Å². The first kappa shape index (κ1) is 11.6. The molecule has 0 radical (unpaired) electrons. The summed E-state index contributed by atoms with van der Waals surface area (Å²) in [6.07, 6.45) is 3.10. The Hall–Kier alpha value is -1.93. The van der Waals surface area contributed by atoms with Crippen LogP contribution < -0.4 is 16.5 Å². The van der Waals surface area contributed by atoms with Gasteiger partial charge in [-0.05, 0) is 0 Å². The van der Waals surface area contributed by atoms with Crippen LogP contribution in [0, 0.1) is 0 Å². The molecule has 0 spiro atoms. The number of carbonyl (C=O) groups is 2. The standard InChI is InChI=1S/C9H13N5O3/c10-1-2-14-3-6(11-5-14)8(15)12-7-4-17-13-9(7)16/h3,5,7H,1-2,4,10H2,(H,12,15)(H,13,16)/t7-/m1/s1.